The Labute approximate surface area is 297 Å². The van der Waals surface area contributed by atoms with Crippen LogP contribution in [0.4, 0.5) is 0 Å². The molecule has 5 nitrogen and oxygen atoms in total. The molecule has 1 atom stereocenters. The van der Waals surface area contributed by atoms with Gasteiger partial charge in [-0.1, -0.05) is 159 Å². The lowest BCUT2D eigenvalue weighted by Crippen LogP contribution is -2.28. The minimum Gasteiger partial charge on any atom is -0.462 e. The number of hydrogen-bond acceptors (Lipinski definition) is 5. The standard InChI is InChI=1S/C43H76O5/c1-3-5-7-9-11-13-15-17-19-20-21-22-24-26-28-30-32-34-36-38-43(46)48-41(39-44)40-47-42(45)37-35-33-31-29-27-25-23-18-16-14-12-10-8-6-4-2/h14,16,20-21,24,26,30,32,41,44H,3-13,15,17-19,22-23,25,27-29,31,33-40H2,1-2H3/t41-/m0/s1. The van der Waals surface area contributed by atoms with Crippen LogP contribution in [-0.2, 0) is 19.1 Å². The minimum absolute atomic E-state index is 0.0884. The molecule has 0 aliphatic carbocycles. The Morgan fingerprint density at radius 2 is 0.854 bits per heavy atom. The Kier molecular flexibility index (Phi) is 37.5. The van der Waals surface area contributed by atoms with Gasteiger partial charge in [0.15, 0.2) is 6.10 Å². The summed E-state index contributed by atoms with van der Waals surface area (Å²) in [6.07, 6.45) is 48.9. The highest BCUT2D eigenvalue weighted by molar-refractivity contribution is 5.70. The van der Waals surface area contributed by atoms with Crippen molar-refractivity contribution in [2.24, 2.45) is 0 Å². The summed E-state index contributed by atoms with van der Waals surface area (Å²) in [5.74, 6) is -0.657. The molecule has 0 rings (SSSR count). The van der Waals surface area contributed by atoms with Crippen LogP contribution in [0.1, 0.15) is 194 Å². The van der Waals surface area contributed by atoms with Crippen molar-refractivity contribution in [1.29, 1.82) is 0 Å². The molecule has 0 bridgehead atoms. The fraction of sp³-hybridized carbons (Fsp3) is 0.767. The molecule has 0 aromatic heterocycles. The van der Waals surface area contributed by atoms with Crippen LogP contribution in [0.3, 0.4) is 0 Å². The summed E-state index contributed by atoms with van der Waals surface area (Å²) in [6.45, 7) is 4.08. The van der Waals surface area contributed by atoms with Gasteiger partial charge in [0.1, 0.15) is 6.61 Å². The first-order valence-corrected chi connectivity index (χ1v) is 20.2. The fourth-order valence-corrected chi connectivity index (χ4v) is 5.51. The lowest BCUT2D eigenvalue weighted by molar-refractivity contribution is -0.161. The molecule has 0 amide bonds. The van der Waals surface area contributed by atoms with Crippen LogP contribution in [0.15, 0.2) is 48.6 Å². The molecule has 278 valence electrons. The quantitative estimate of drug-likeness (QED) is 0.0407. The van der Waals surface area contributed by atoms with Gasteiger partial charge in [0.2, 0.25) is 0 Å². The van der Waals surface area contributed by atoms with Crippen molar-refractivity contribution in [2.75, 3.05) is 13.2 Å². The molecular weight excluding hydrogens is 596 g/mol. The van der Waals surface area contributed by atoms with E-state index >= 15 is 0 Å². The van der Waals surface area contributed by atoms with E-state index in [4.69, 9.17) is 9.47 Å². The van der Waals surface area contributed by atoms with E-state index in [0.717, 1.165) is 38.5 Å². The number of hydrogen-bond donors (Lipinski definition) is 1. The van der Waals surface area contributed by atoms with Gasteiger partial charge in [-0.15, -0.1) is 0 Å². The van der Waals surface area contributed by atoms with Crippen molar-refractivity contribution in [3.63, 3.8) is 0 Å². The third-order valence-electron chi connectivity index (χ3n) is 8.60. The first-order valence-electron chi connectivity index (χ1n) is 20.2. The van der Waals surface area contributed by atoms with Gasteiger partial charge in [-0.05, 0) is 70.6 Å². The SMILES string of the molecule is CCCCCCC=CCCCCCCCCCC(=O)OC[C@H](CO)OC(=O)CCCC=CCC=CCC=CCCCCCCCCCC. The largest absolute Gasteiger partial charge is 0.462 e. The molecule has 0 unspecified atom stereocenters. The first-order chi connectivity index (χ1) is 23.6. The van der Waals surface area contributed by atoms with Crippen LogP contribution >= 0.6 is 0 Å². The van der Waals surface area contributed by atoms with Gasteiger partial charge >= 0.3 is 11.9 Å². The van der Waals surface area contributed by atoms with Crippen LogP contribution < -0.4 is 0 Å². The fourth-order valence-electron chi connectivity index (χ4n) is 5.51. The highest BCUT2D eigenvalue weighted by Crippen LogP contribution is 2.12. The molecule has 5 heteroatoms. The number of unbranched alkanes of at least 4 members (excludes halogenated alkanes) is 20. The zero-order valence-electron chi connectivity index (χ0n) is 31.5. The van der Waals surface area contributed by atoms with Gasteiger partial charge in [0, 0.05) is 12.8 Å². The molecule has 0 aliphatic rings. The third kappa shape index (κ3) is 36.7. The number of ether oxygens (including phenoxy) is 2. The highest BCUT2D eigenvalue weighted by Gasteiger charge is 2.15. The summed E-state index contributed by atoms with van der Waals surface area (Å²) in [5, 5.41) is 9.55. The first kappa shape index (κ1) is 45.9. The van der Waals surface area contributed by atoms with Crippen LogP contribution in [-0.4, -0.2) is 36.4 Å². The molecule has 0 radical (unpaired) electrons. The summed E-state index contributed by atoms with van der Waals surface area (Å²) >= 11 is 0. The van der Waals surface area contributed by atoms with E-state index in [1.54, 1.807) is 0 Å². The monoisotopic (exact) mass is 673 g/mol. The third-order valence-corrected chi connectivity index (χ3v) is 8.60. The number of esters is 2. The van der Waals surface area contributed by atoms with Crippen LogP contribution in [0, 0.1) is 0 Å². The number of allylic oxidation sites excluding steroid dienone is 8. The summed E-state index contributed by atoms with van der Waals surface area (Å²) in [4.78, 5) is 24.2. The number of carbonyl (C=O) groups excluding carboxylic acids is 2. The molecule has 0 saturated carbocycles. The summed E-state index contributed by atoms with van der Waals surface area (Å²) < 4.78 is 10.6. The van der Waals surface area contributed by atoms with Crippen molar-refractivity contribution in [1.82, 2.24) is 0 Å². The van der Waals surface area contributed by atoms with Crippen molar-refractivity contribution >= 4 is 11.9 Å². The van der Waals surface area contributed by atoms with E-state index in [9.17, 15) is 14.7 Å². The van der Waals surface area contributed by atoms with Gasteiger partial charge in [-0.2, -0.15) is 0 Å². The zero-order valence-corrected chi connectivity index (χ0v) is 31.5. The summed E-state index contributed by atoms with van der Waals surface area (Å²) in [6, 6.07) is 0. The predicted octanol–water partition coefficient (Wildman–Crippen LogP) is 12.6. The maximum atomic E-state index is 12.1. The molecule has 0 fully saturated rings. The Bertz CT molecular complexity index is 812. The minimum atomic E-state index is -0.799. The number of aliphatic hydroxyl groups excluding tert-OH is 1. The van der Waals surface area contributed by atoms with E-state index in [-0.39, 0.29) is 31.6 Å². The summed E-state index contributed by atoms with van der Waals surface area (Å²) in [7, 11) is 0. The maximum absolute atomic E-state index is 12.1. The number of aliphatic hydroxyl groups is 1. The average molecular weight is 673 g/mol. The maximum Gasteiger partial charge on any atom is 0.306 e. The average Bonchev–Trinajstić information content (AvgIpc) is 3.09. The van der Waals surface area contributed by atoms with E-state index in [0.29, 0.717) is 12.8 Å². The smallest absolute Gasteiger partial charge is 0.306 e. The van der Waals surface area contributed by atoms with Gasteiger partial charge in [-0.3, -0.25) is 9.59 Å². The van der Waals surface area contributed by atoms with Crippen LogP contribution in [0.2, 0.25) is 0 Å². The van der Waals surface area contributed by atoms with Crippen molar-refractivity contribution < 1.29 is 24.2 Å². The molecule has 0 aromatic rings. The van der Waals surface area contributed by atoms with Crippen molar-refractivity contribution in [3.8, 4) is 0 Å². The molecule has 0 aromatic carbocycles. The highest BCUT2D eigenvalue weighted by atomic mass is 16.6. The van der Waals surface area contributed by atoms with Crippen LogP contribution in [0.25, 0.3) is 0 Å². The predicted molar refractivity (Wildman–Crippen MR) is 205 cm³/mol. The molecule has 0 saturated heterocycles. The number of carbonyl (C=O) groups is 2. The molecule has 0 aliphatic heterocycles. The second kappa shape index (κ2) is 39.3. The lowest BCUT2D eigenvalue weighted by atomic mass is 10.1. The Hall–Kier alpha value is -2.14. The van der Waals surface area contributed by atoms with E-state index < -0.39 is 6.10 Å². The van der Waals surface area contributed by atoms with Crippen molar-refractivity contribution in [3.05, 3.63) is 48.6 Å². The van der Waals surface area contributed by atoms with Crippen molar-refractivity contribution in [2.45, 2.75) is 200 Å². The van der Waals surface area contributed by atoms with Gasteiger partial charge in [-0.25, -0.2) is 0 Å². The van der Waals surface area contributed by atoms with Gasteiger partial charge in [0.05, 0.1) is 6.61 Å². The molecule has 0 heterocycles. The van der Waals surface area contributed by atoms with E-state index in [1.165, 1.54) is 122 Å². The molecular formula is C43H76O5. The van der Waals surface area contributed by atoms with Gasteiger partial charge in [0.25, 0.3) is 0 Å². The van der Waals surface area contributed by atoms with E-state index in [2.05, 4.69) is 62.5 Å². The Balaban J connectivity index is 3.65. The second-order valence-corrected chi connectivity index (χ2v) is 13.4. The normalized spacial score (nSPS) is 12.6. The topological polar surface area (TPSA) is 72.8 Å². The second-order valence-electron chi connectivity index (χ2n) is 13.4. The number of rotatable bonds is 36. The summed E-state index contributed by atoms with van der Waals surface area (Å²) in [5.41, 5.74) is 0. The van der Waals surface area contributed by atoms with E-state index in [1.807, 2.05) is 0 Å². The zero-order chi connectivity index (χ0) is 35.0. The molecule has 0 spiro atoms. The van der Waals surface area contributed by atoms with Gasteiger partial charge < -0.3 is 14.6 Å². The Morgan fingerprint density at radius 1 is 0.479 bits per heavy atom. The lowest BCUT2D eigenvalue weighted by Gasteiger charge is -2.15. The molecule has 1 N–H and O–H groups in total. The Morgan fingerprint density at radius 3 is 1.35 bits per heavy atom. The van der Waals surface area contributed by atoms with Crippen LogP contribution in [0.5, 0.6) is 0 Å². The molecule has 48 heavy (non-hydrogen) atoms.